The molecule has 1 aromatic carbocycles. The van der Waals surface area contributed by atoms with Crippen molar-refractivity contribution >= 4 is 46.3 Å². The van der Waals surface area contributed by atoms with Gasteiger partial charge in [0.2, 0.25) is 11.8 Å². The van der Waals surface area contributed by atoms with E-state index in [1.807, 2.05) is 6.07 Å². The van der Waals surface area contributed by atoms with Gasteiger partial charge in [-0.15, -0.1) is 16.9 Å². The molecule has 0 bridgehead atoms. The Labute approximate surface area is 200 Å². The smallest absolute Gasteiger partial charge is 0.312 e. The zero-order chi connectivity index (χ0) is 23.1. The van der Waals surface area contributed by atoms with Crippen molar-refractivity contribution in [3.63, 3.8) is 0 Å². The third kappa shape index (κ3) is 7.13. The second kappa shape index (κ2) is 10.7. The highest BCUT2D eigenvalue weighted by Gasteiger charge is 2.26. The summed E-state index contributed by atoms with van der Waals surface area (Å²) in [6, 6.07) is 11.8. The van der Waals surface area contributed by atoms with Gasteiger partial charge in [0.25, 0.3) is 0 Å². The van der Waals surface area contributed by atoms with Crippen molar-refractivity contribution < 1.29 is 18.0 Å². The van der Waals surface area contributed by atoms with Crippen LogP contribution in [-0.2, 0) is 24.3 Å². The van der Waals surface area contributed by atoms with Crippen molar-refractivity contribution in [2.24, 2.45) is 0 Å². The van der Waals surface area contributed by atoms with Crippen LogP contribution in [0.3, 0.4) is 0 Å². The number of carbonyl (C=O) groups excluding carboxylic acids is 1. The SMILES string of the molecule is N#Cc1ccc(CN(Cc2nnc(N)o2)C(=O)CSc2ccccc2CC(F)(F)I)cn1. The van der Waals surface area contributed by atoms with Crippen molar-refractivity contribution in [1.29, 1.82) is 5.26 Å². The largest absolute Gasteiger partial charge is 0.406 e. The molecule has 0 aliphatic heterocycles. The second-order valence-corrected chi connectivity index (χ2v) is 9.23. The number of nitrogen functional groups attached to an aromatic ring is 1. The van der Waals surface area contributed by atoms with Gasteiger partial charge in [0.15, 0.2) is 0 Å². The zero-order valence-corrected chi connectivity index (χ0v) is 19.5. The number of hydrogen-bond donors (Lipinski definition) is 1. The highest BCUT2D eigenvalue weighted by Crippen LogP contribution is 2.32. The van der Waals surface area contributed by atoms with Crippen LogP contribution in [0, 0.1) is 11.3 Å². The molecule has 0 unspecified atom stereocenters. The fourth-order valence-corrected chi connectivity index (χ4v) is 4.14. The van der Waals surface area contributed by atoms with E-state index >= 15 is 0 Å². The Balaban J connectivity index is 1.74. The first-order valence-corrected chi connectivity index (χ1v) is 11.3. The number of carbonyl (C=O) groups is 1. The molecule has 32 heavy (non-hydrogen) atoms. The molecule has 3 aromatic rings. The second-order valence-electron chi connectivity index (χ2n) is 6.64. The van der Waals surface area contributed by atoms with Gasteiger partial charge in [-0.05, 0) is 45.9 Å². The Kier molecular flexibility index (Phi) is 7.97. The number of hydrogen-bond acceptors (Lipinski definition) is 8. The molecule has 0 aliphatic rings. The first kappa shape index (κ1) is 23.9. The molecule has 8 nitrogen and oxygen atoms in total. The molecule has 0 saturated heterocycles. The number of thioether (sulfide) groups is 1. The van der Waals surface area contributed by atoms with Gasteiger partial charge < -0.3 is 15.1 Å². The lowest BCUT2D eigenvalue weighted by atomic mass is 10.1. The van der Waals surface area contributed by atoms with Crippen molar-refractivity contribution in [3.8, 4) is 6.07 Å². The van der Waals surface area contributed by atoms with E-state index in [1.54, 1.807) is 36.4 Å². The minimum Gasteiger partial charge on any atom is -0.406 e. The molecular formula is C20H17F2IN6O2S. The normalized spacial score (nSPS) is 11.2. The average molecular weight is 570 g/mol. The van der Waals surface area contributed by atoms with Crippen molar-refractivity contribution in [3.05, 3.63) is 65.3 Å². The summed E-state index contributed by atoms with van der Waals surface area (Å²) in [5.41, 5.74) is 6.89. The fraction of sp³-hybridized carbons (Fsp3) is 0.250. The first-order chi connectivity index (χ1) is 15.2. The van der Waals surface area contributed by atoms with Crippen LogP contribution in [0.15, 0.2) is 51.9 Å². The molecule has 0 saturated carbocycles. The van der Waals surface area contributed by atoms with Gasteiger partial charge in [0.1, 0.15) is 11.8 Å². The van der Waals surface area contributed by atoms with E-state index in [1.165, 1.54) is 22.9 Å². The van der Waals surface area contributed by atoms with Crippen LogP contribution in [0.25, 0.3) is 0 Å². The van der Waals surface area contributed by atoms with Gasteiger partial charge in [-0.3, -0.25) is 4.79 Å². The van der Waals surface area contributed by atoms with Crippen LogP contribution in [0.5, 0.6) is 0 Å². The van der Waals surface area contributed by atoms with Crippen LogP contribution in [0.2, 0.25) is 0 Å². The average Bonchev–Trinajstić information content (AvgIpc) is 3.16. The maximum absolute atomic E-state index is 13.5. The summed E-state index contributed by atoms with van der Waals surface area (Å²) in [7, 11) is 0. The van der Waals surface area contributed by atoms with Gasteiger partial charge >= 0.3 is 9.94 Å². The molecule has 0 atom stereocenters. The number of nitrogens with zero attached hydrogens (tertiary/aromatic N) is 5. The standard InChI is InChI=1S/C20H17F2IN6O2S/c21-20(22,23)7-14-3-1-2-4-16(14)32-12-18(30)29(11-17-27-28-19(25)31-17)10-13-5-6-15(8-24)26-9-13/h1-6,9H,7,10-12H2,(H2,25,28). The molecule has 0 aliphatic carbocycles. The number of amides is 1. The zero-order valence-electron chi connectivity index (χ0n) is 16.5. The number of benzene rings is 1. The van der Waals surface area contributed by atoms with Crippen molar-refractivity contribution in [2.75, 3.05) is 11.5 Å². The molecule has 12 heteroatoms. The van der Waals surface area contributed by atoms with E-state index in [4.69, 9.17) is 15.4 Å². The molecule has 2 aromatic heterocycles. The summed E-state index contributed by atoms with van der Waals surface area (Å²) >= 11 is 2.28. The van der Waals surface area contributed by atoms with Crippen LogP contribution in [0.1, 0.15) is 22.7 Å². The lowest BCUT2D eigenvalue weighted by molar-refractivity contribution is -0.129. The summed E-state index contributed by atoms with van der Waals surface area (Å²) in [6.45, 7) is 0.185. The Morgan fingerprint density at radius 2 is 2.03 bits per heavy atom. The third-order valence-electron chi connectivity index (χ3n) is 4.19. The number of aromatic nitrogens is 3. The number of halogens is 3. The van der Waals surface area contributed by atoms with E-state index < -0.39 is 10.4 Å². The highest BCUT2D eigenvalue weighted by atomic mass is 127. The maximum Gasteiger partial charge on any atom is 0.312 e. The van der Waals surface area contributed by atoms with Crippen molar-refractivity contribution in [2.45, 2.75) is 28.3 Å². The van der Waals surface area contributed by atoms with Gasteiger partial charge in [-0.25, -0.2) is 4.98 Å². The summed E-state index contributed by atoms with van der Waals surface area (Å²) in [6.07, 6.45) is 1.08. The molecule has 3 rings (SSSR count). The fourth-order valence-electron chi connectivity index (χ4n) is 2.77. The van der Waals surface area contributed by atoms with Crippen LogP contribution in [0.4, 0.5) is 14.8 Å². The molecule has 2 N–H and O–H groups in total. The van der Waals surface area contributed by atoms with Crippen LogP contribution < -0.4 is 5.73 Å². The number of nitriles is 1. The summed E-state index contributed by atoms with van der Waals surface area (Å²) in [4.78, 5) is 19.1. The van der Waals surface area contributed by atoms with E-state index in [0.29, 0.717) is 16.0 Å². The monoisotopic (exact) mass is 570 g/mol. The highest BCUT2D eigenvalue weighted by molar-refractivity contribution is 14.1. The van der Waals surface area contributed by atoms with Crippen LogP contribution >= 0.6 is 34.4 Å². The quantitative estimate of drug-likeness (QED) is 0.234. The molecule has 0 radical (unpaired) electrons. The van der Waals surface area contributed by atoms with E-state index in [2.05, 4.69) is 15.2 Å². The topological polar surface area (TPSA) is 122 Å². The van der Waals surface area contributed by atoms with Gasteiger partial charge in [-0.2, -0.15) is 14.0 Å². The predicted octanol–water partition coefficient (Wildman–Crippen LogP) is 3.81. The number of rotatable bonds is 9. The number of pyridine rings is 1. The first-order valence-electron chi connectivity index (χ1n) is 9.21. The Morgan fingerprint density at radius 3 is 2.66 bits per heavy atom. The predicted molar refractivity (Wildman–Crippen MR) is 122 cm³/mol. The summed E-state index contributed by atoms with van der Waals surface area (Å²) in [5, 5.41) is 16.3. The van der Waals surface area contributed by atoms with Gasteiger partial charge in [-0.1, -0.05) is 29.4 Å². The molecule has 1 amide bonds. The molecule has 166 valence electrons. The summed E-state index contributed by atoms with van der Waals surface area (Å²) in [5.74, 6) is -0.100. The number of nitrogens with two attached hydrogens (primary N) is 1. The minimum atomic E-state index is -2.88. The Hall–Kier alpha value is -2.79. The lowest BCUT2D eigenvalue weighted by Gasteiger charge is -2.21. The van der Waals surface area contributed by atoms with Gasteiger partial charge in [0, 0.05) is 24.1 Å². The third-order valence-corrected chi connectivity index (χ3v) is 5.67. The van der Waals surface area contributed by atoms with Crippen molar-refractivity contribution in [1.82, 2.24) is 20.1 Å². The molecule has 0 spiro atoms. The molecule has 0 fully saturated rings. The number of anilines is 1. The lowest BCUT2D eigenvalue weighted by Crippen LogP contribution is -2.31. The van der Waals surface area contributed by atoms with Gasteiger partial charge in [0.05, 0.1) is 12.3 Å². The van der Waals surface area contributed by atoms with E-state index in [0.717, 1.165) is 22.6 Å². The number of alkyl halides is 3. The van der Waals surface area contributed by atoms with E-state index in [-0.39, 0.29) is 42.3 Å². The molecular weight excluding hydrogens is 553 g/mol. The molecule has 2 heterocycles. The van der Waals surface area contributed by atoms with Crippen LogP contribution in [-0.4, -0.2) is 35.7 Å². The van der Waals surface area contributed by atoms with E-state index in [9.17, 15) is 13.6 Å². The maximum atomic E-state index is 13.5. The summed E-state index contributed by atoms with van der Waals surface area (Å²) < 4.78 is 29.3. The minimum absolute atomic E-state index is 0.0110. The Bertz CT molecular complexity index is 1110. The Morgan fingerprint density at radius 1 is 1.25 bits per heavy atom.